The van der Waals surface area contributed by atoms with Gasteiger partial charge in [-0.25, -0.2) is 27.2 Å². The van der Waals surface area contributed by atoms with Crippen LogP contribution in [-0.4, -0.2) is 87.0 Å². The van der Waals surface area contributed by atoms with Crippen LogP contribution in [0.2, 0.25) is 0 Å². The van der Waals surface area contributed by atoms with Crippen molar-refractivity contribution >= 4 is 27.7 Å². The van der Waals surface area contributed by atoms with E-state index in [1.54, 1.807) is 21.8 Å². The maximum atomic E-state index is 12.8. The van der Waals surface area contributed by atoms with E-state index in [9.17, 15) is 23.1 Å². The van der Waals surface area contributed by atoms with Crippen molar-refractivity contribution in [2.75, 3.05) is 32.5 Å². The van der Waals surface area contributed by atoms with Gasteiger partial charge in [0.05, 0.1) is 24.0 Å². The van der Waals surface area contributed by atoms with E-state index in [2.05, 4.69) is 20.6 Å². The summed E-state index contributed by atoms with van der Waals surface area (Å²) in [6.45, 7) is 0.968. The van der Waals surface area contributed by atoms with Gasteiger partial charge < -0.3 is 15.3 Å². The van der Waals surface area contributed by atoms with Crippen LogP contribution in [0.5, 0.6) is 0 Å². The molecule has 1 aliphatic heterocycles. The number of hydrogen-bond acceptors (Lipinski definition) is 8. The van der Waals surface area contributed by atoms with Crippen LogP contribution in [0.15, 0.2) is 24.5 Å². The molecule has 13 heteroatoms. The molecule has 12 nitrogen and oxygen atoms in total. The highest BCUT2D eigenvalue weighted by Gasteiger charge is 2.42. The fourth-order valence-electron chi connectivity index (χ4n) is 4.20. The van der Waals surface area contributed by atoms with Crippen LogP contribution in [0.1, 0.15) is 41.4 Å². The van der Waals surface area contributed by atoms with E-state index in [-0.39, 0.29) is 42.3 Å². The topological polar surface area (TPSA) is 151 Å². The van der Waals surface area contributed by atoms with Gasteiger partial charge in [-0.05, 0) is 31.4 Å². The molecule has 1 atom stereocenters. The Balaban J connectivity index is 1.28. The second-order valence-corrected chi connectivity index (χ2v) is 11.0. The van der Waals surface area contributed by atoms with E-state index in [1.165, 1.54) is 30.7 Å². The van der Waals surface area contributed by atoms with Gasteiger partial charge >= 0.3 is 5.97 Å². The Labute approximate surface area is 191 Å². The average Bonchev–Trinajstić information content (AvgIpc) is 3.41. The average molecular weight is 478 g/mol. The first-order valence-corrected chi connectivity index (χ1v) is 12.2. The quantitative estimate of drug-likeness (QED) is 0.551. The molecule has 2 aliphatic rings. The van der Waals surface area contributed by atoms with Gasteiger partial charge in [0.2, 0.25) is 15.9 Å². The number of anilines is 1. The molecular formula is C20H27N7O5S. The molecule has 1 saturated carbocycles. The Bertz CT molecular complexity index is 1140. The monoisotopic (exact) mass is 477 g/mol. The zero-order valence-corrected chi connectivity index (χ0v) is 19.3. The number of aromatic carboxylic acids is 1. The van der Waals surface area contributed by atoms with Crippen molar-refractivity contribution in [2.45, 2.75) is 37.1 Å². The van der Waals surface area contributed by atoms with Gasteiger partial charge in [0, 0.05) is 39.3 Å². The molecular weight excluding hydrogens is 450 g/mol. The number of likely N-dealkylation sites (tertiary alicyclic amines) is 1. The Morgan fingerprint density at radius 2 is 2.06 bits per heavy atom. The number of amides is 1. The number of aromatic nitrogens is 4. The van der Waals surface area contributed by atoms with Crippen LogP contribution < -0.4 is 5.32 Å². The zero-order valence-electron chi connectivity index (χ0n) is 18.5. The van der Waals surface area contributed by atoms with Crippen molar-refractivity contribution in [1.82, 2.24) is 29.2 Å². The molecule has 0 spiro atoms. The molecule has 2 N–H and O–H groups in total. The minimum atomic E-state index is -3.37. The molecule has 1 aliphatic carbocycles. The van der Waals surface area contributed by atoms with Gasteiger partial charge in [0.15, 0.2) is 0 Å². The Morgan fingerprint density at radius 3 is 2.76 bits per heavy atom. The Kier molecular flexibility index (Phi) is 6.34. The number of nitrogens with one attached hydrogen (secondary N) is 1. The first-order valence-electron chi connectivity index (χ1n) is 10.7. The molecule has 1 unspecified atom stereocenters. The van der Waals surface area contributed by atoms with Crippen molar-refractivity contribution in [3.05, 3.63) is 35.8 Å². The number of hydrogen-bond donors (Lipinski definition) is 2. The fraction of sp³-hybridized carbons (Fsp3) is 0.550. The van der Waals surface area contributed by atoms with Crippen LogP contribution in [-0.2, 0) is 21.4 Å². The van der Waals surface area contributed by atoms with E-state index >= 15 is 0 Å². The van der Waals surface area contributed by atoms with E-state index < -0.39 is 21.2 Å². The smallest absolute Gasteiger partial charge is 0.339 e. The number of carboxylic acid groups (broad SMARTS) is 1. The first-order chi connectivity index (χ1) is 15.7. The van der Waals surface area contributed by atoms with Gasteiger partial charge in [-0.1, -0.05) is 5.21 Å². The lowest BCUT2D eigenvalue weighted by Crippen LogP contribution is -2.43. The Hall–Kier alpha value is -3.06. The number of sulfonamides is 1. The molecule has 3 heterocycles. The van der Waals surface area contributed by atoms with E-state index in [1.807, 2.05) is 0 Å². The van der Waals surface area contributed by atoms with Gasteiger partial charge in [0.25, 0.3) is 0 Å². The van der Waals surface area contributed by atoms with Gasteiger partial charge in [-0.2, -0.15) is 0 Å². The normalized spacial score (nSPS) is 22.9. The zero-order chi connectivity index (χ0) is 23.8. The third-order valence-electron chi connectivity index (χ3n) is 6.26. The fourth-order valence-corrected chi connectivity index (χ4v) is 5.57. The second kappa shape index (κ2) is 9.06. The third-order valence-corrected chi connectivity index (χ3v) is 8.50. The summed E-state index contributed by atoms with van der Waals surface area (Å²) in [6, 6.07) is 3.08. The van der Waals surface area contributed by atoms with Crippen molar-refractivity contribution in [3.63, 3.8) is 0 Å². The van der Waals surface area contributed by atoms with Crippen LogP contribution in [0.4, 0.5) is 5.82 Å². The van der Waals surface area contributed by atoms with Crippen LogP contribution >= 0.6 is 0 Å². The Morgan fingerprint density at radius 1 is 1.30 bits per heavy atom. The third kappa shape index (κ3) is 4.69. The van der Waals surface area contributed by atoms with Crippen molar-refractivity contribution in [1.29, 1.82) is 0 Å². The molecule has 2 aromatic rings. The summed E-state index contributed by atoms with van der Waals surface area (Å²) < 4.78 is 27.6. The molecule has 1 saturated heterocycles. The number of carbonyl (C=O) groups excluding carboxylic acids is 1. The highest BCUT2D eigenvalue weighted by molar-refractivity contribution is 7.89. The van der Waals surface area contributed by atoms with Crippen LogP contribution in [0.25, 0.3) is 0 Å². The molecule has 0 radical (unpaired) electrons. The number of nitrogens with zero attached hydrogens (tertiary/aromatic N) is 6. The second-order valence-electron chi connectivity index (χ2n) is 8.59. The van der Waals surface area contributed by atoms with Gasteiger partial charge in [-0.3, -0.25) is 4.79 Å². The minimum Gasteiger partial charge on any atom is -0.478 e. The van der Waals surface area contributed by atoms with E-state index in [0.717, 1.165) is 0 Å². The number of rotatable bonds is 8. The number of carboxylic acids is 1. The largest absolute Gasteiger partial charge is 0.478 e. The van der Waals surface area contributed by atoms with E-state index in [4.69, 9.17) is 0 Å². The standard InChI is InChI=1S/C20H27N7O5S/c1-25(2)33(31,32)16-5-7-26(12-16)19(28)13-8-15(9-13)27-11-14(23-24-27)10-22-18-17(20(29)30)4-3-6-21-18/h3-4,6,11,13,15-16H,5,7-10,12H2,1-2H3,(H,21,22)(H,29,30). The molecule has 0 aromatic carbocycles. The predicted molar refractivity (Wildman–Crippen MR) is 118 cm³/mol. The summed E-state index contributed by atoms with van der Waals surface area (Å²) in [5.41, 5.74) is 0.704. The summed E-state index contributed by atoms with van der Waals surface area (Å²) in [5, 5.41) is 19.9. The molecule has 2 aromatic heterocycles. The minimum absolute atomic E-state index is 0.000985. The van der Waals surface area contributed by atoms with Gasteiger partial charge in [0.1, 0.15) is 17.1 Å². The summed E-state index contributed by atoms with van der Waals surface area (Å²) in [4.78, 5) is 29.8. The molecule has 0 bridgehead atoms. The maximum absolute atomic E-state index is 12.8. The molecule has 1 amide bonds. The predicted octanol–water partition coefficient (Wildman–Crippen LogP) is 0.427. The summed E-state index contributed by atoms with van der Waals surface area (Å²) in [7, 11) is -0.340. The van der Waals surface area contributed by atoms with Crippen LogP contribution in [0, 0.1) is 5.92 Å². The maximum Gasteiger partial charge on any atom is 0.339 e. The molecule has 2 fully saturated rings. The van der Waals surface area contributed by atoms with Gasteiger partial charge in [-0.15, -0.1) is 5.10 Å². The number of carbonyl (C=O) groups is 2. The number of pyridine rings is 1. The van der Waals surface area contributed by atoms with Crippen LogP contribution in [0.3, 0.4) is 0 Å². The first kappa shape index (κ1) is 23.1. The lowest BCUT2D eigenvalue weighted by Gasteiger charge is -2.36. The van der Waals surface area contributed by atoms with E-state index in [0.29, 0.717) is 31.5 Å². The molecule has 178 valence electrons. The molecule has 4 rings (SSSR count). The molecule has 33 heavy (non-hydrogen) atoms. The highest BCUT2D eigenvalue weighted by Crippen LogP contribution is 2.39. The SMILES string of the molecule is CN(C)S(=O)(=O)C1CCN(C(=O)C2CC(n3cc(CNc4ncccc4C(=O)O)nn3)C2)C1. The summed E-state index contributed by atoms with van der Waals surface area (Å²) in [5.74, 6) is -0.952. The summed E-state index contributed by atoms with van der Waals surface area (Å²) in [6.07, 6.45) is 4.99. The van der Waals surface area contributed by atoms with Crippen molar-refractivity contribution < 1.29 is 23.1 Å². The lowest BCUT2D eigenvalue weighted by atomic mass is 9.79. The lowest BCUT2D eigenvalue weighted by molar-refractivity contribution is -0.138. The van der Waals surface area contributed by atoms with Crippen molar-refractivity contribution in [3.8, 4) is 0 Å². The summed E-state index contributed by atoms with van der Waals surface area (Å²) >= 11 is 0. The van der Waals surface area contributed by atoms with Crippen molar-refractivity contribution in [2.24, 2.45) is 5.92 Å². The highest BCUT2D eigenvalue weighted by atomic mass is 32.2.